The van der Waals surface area contributed by atoms with Gasteiger partial charge in [0.05, 0.1) is 6.04 Å². The predicted octanol–water partition coefficient (Wildman–Crippen LogP) is 3.37. The van der Waals surface area contributed by atoms with Crippen LogP contribution in [0.5, 0.6) is 0 Å². The van der Waals surface area contributed by atoms with Crippen molar-refractivity contribution < 1.29 is 4.79 Å². The van der Waals surface area contributed by atoms with Crippen LogP contribution in [0.1, 0.15) is 17.3 Å². The van der Waals surface area contributed by atoms with E-state index in [1.807, 2.05) is 51.4 Å². The monoisotopic (exact) mass is 335 g/mol. The van der Waals surface area contributed by atoms with Gasteiger partial charge in [-0.15, -0.1) is 0 Å². The summed E-state index contributed by atoms with van der Waals surface area (Å²) < 4.78 is 2.07. The Hall–Kier alpha value is -2.59. The summed E-state index contributed by atoms with van der Waals surface area (Å²) in [7, 11) is 4.07. The molecule has 0 aliphatic carbocycles. The average Bonchev–Trinajstić information content (AvgIpc) is 2.91. The number of para-hydroxylation sites is 1. The lowest BCUT2D eigenvalue weighted by Gasteiger charge is -2.25. The summed E-state index contributed by atoms with van der Waals surface area (Å²) in [6.07, 6.45) is 0. The Labute approximate surface area is 149 Å². The normalized spacial score (nSPS) is 12.5. The molecule has 0 radical (unpaired) electrons. The van der Waals surface area contributed by atoms with Crippen molar-refractivity contribution in [1.29, 1.82) is 0 Å². The maximum Gasteiger partial charge on any atom is 0.240 e. The largest absolute Gasteiger partial charge is 0.353 e. The highest BCUT2D eigenvalue weighted by Crippen LogP contribution is 2.19. The third-order valence-corrected chi connectivity index (χ3v) is 4.62. The van der Waals surface area contributed by atoms with Gasteiger partial charge in [0.15, 0.2) is 0 Å². The molecule has 3 rings (SSSR count). The summed E-state index contributed by atoms with van der Waals surface area (Å²) in [6.45, 7) is 2.97. The summed E-state index contributed by atoms with van der Waals surface area (Å²) >= 11 is 0. The van der Waals surface area contributed by atoms with E-state index in [0.29, 0.717) is 13.1 Å². The molecule has 4 nitrogen and oxygen atoms in total. The number of hydrogen-bond acceptors (Lipinski definition) is 2. The molecule has 3 aromatic rings. The Morgan fingerprint density at radius 1 is 1.08 bits per heavy atom. The fourth-order valence-corrected chi connectivity index (χ4v) is 3.24. The van der Waals surface area contributed by atoms with Crippen LogP contribution in [0.25, 0.3) is 10.9 Å². The van der Waals surface area contributed by atoms with Gasteiger partial charge in [0, 0.05) is 17.8 Å². The molecule has 0 aliphatic heterocycles. The number of hydrogen-bond donors (Lipinski definition) is 1. The molecule has 1 N–H and O–H groups in total. The minimum Gasteiger partial charge on any atom is -0.353 e. The highest BCUT2D eigenvalue weighted by molar-refractivity contribution is 5.84. The molecule has 0 saturated carbocycles. The van der Waals surface area contributed by atoms with Crippen molar-refractivity contribution in [3.8, 4) is 0 Å². The molecule has 25 heavy (non-hydrogen) atoms. The van der Waals surface area contributed by atoms with Gasteiger partial charge in [-0.3, -0.25) is 4.79 Å². The molecule has 130 valence electrons. The molecule has 0 aliphatic rings. The fourth-order valence-electron chi connectivity index (χ4n) is 3.24. The van der Waals surface area contributed by atoms with Crippen molar-refractivity contribution in [1.82, 2.24) is 14.8 Å². The number of nitrogens with one attached hydrogen (secondary N) is 1. The summed E-state index contributed by atoms with van der Waals surface area (Å²) in [5.41, 5.74) is 3.40. The van der Waals surface area contributed by atoms with Crippen LogP contribution < -0.4 is 5.32 Å². The summed E-state index contributed by atoms with van der Waals surface area (Å²) in [5.74, 6) is 0.0345. The Bertz CT molecular complexity index is 852. The topological polar surface area (TPSA) is 37.3 Å². The second-order valence-corrected chi connectivity index (χ2v) is 6.62. The van der Waals surface area contributed by atoms with Crippen LogP contribution in [-0.4, -0.2) is 36.0 Å². The van der Waals surface area contributed by atoms with Crippen molar-refractivity contribution in [2.75, 3.05) is 20.6 Å². The maximum atomic E-state index is 12.5. The zero-order valence-corrected chi connectivity index (χ0v) is 15.1. The Kier molecular flexibility index (Phi) is 5.19. The average molecular weight is 335 g/mol. The van der Waals surface area contributed by atoms with Crippen LogP contribution in [0.3, 0.4) is 0 Å². The molecule has 4 heteroatoms. The van der Waals surface area contributed by atoms with E-state index in [1.165, 1.54) is 10.9 Å². The summed E-state index contributed by atoms with van der Waals surface area (Å²) in [6, 6.07) is 20.7. The van der Waals surface area contributed by atoms with Gasteiger partial charge in [-0.1, -0.05) is 48.5 Å². The van der Waals surface area contributed by atoms with Gasteiger partial charge in [-0.25, -0.2) is 0 Å². The molecule has 0 fully saturated rings. The first-order chi connectivity index (χ1) is 12.1. The molecule has 0 spiro atoms. The molecule has 0 saturated heterocycles. The van der Waals surface area contributed by atoms with E-state index in [0.717, 1.165) is 11.2 Å². The first-order valence-electron chi connectivity index (χ1n) is 8.59. The van der Waals surface area contributed by atoms with Crippen LogP contribution in [0.15, 0.2) is 60.7 Å². The SMILES string of the molecule is Cc1cc2ccccc2n1CC(=O)NC[C@@H](c1ccccc1)N(C)C. The van der Waals surface area contributed by atoms with E-state index in [1.54, 1.807) is 0 Å². The van der Waals surface area contributed by atoms with Gasteiger partial charge in [-0.2, -0.15) is 0 Å². The molecular formula is C21H25N3O. The van der Waals surface area contributed by atoms with E-state index in [4.69, 9.17) is 0 Å². The minimum absolute atomic E-state index is 0.0345. The molecule has 0 unspecified atom stereocenters. The lowest BCUT2D eigenvalue weighted by Crippen LogP contribution is -2.36. The fraction of sp³-hybridized carbons (Fsp3) is 0.286. The van der Waals surface area contributed by atoms with E-state index in [-0.39, 0.29) is 11.9 Å². The van der Waals surface area contributed by atoms with E-state index >= 15 is 0 Å². The first kappa shape index (κ1) is 17.2. The van der Waals surface area contributed by atoms with Crippen molar-refractivity contribution >= 4 is 16.8 Å². The number of carbonyl (C=O) groups excluding carboxylic acids is 1. The molecule has 0 bridgehead atoms. The molecule has 1 amide bonds. The van der Waals surface area contributed by atoms with Gasteiger partial charge >= 0.3 is 0 Å². The van der Waals surface area contributed by atoms with Crippen LogP contribution in [0.2, 0.25) is 0 Å². The number of aryl methyl sites for hydroxylation is 1. The number of likely N-dealkylation sites (N-methyl/N-ethyl adjacent to an activating group) is 1. The number of benzene rings is 2. The third kappa shape index (κ3) is 3.91. The summed E-state index contributed by atoms with van der Waals surface area (Å²) in [5, 5.41) is 4.26. The van der Waals surface area contributed by atoms with Crippen LogP contribution in [0, 0.1) is 6.92 Å². The number of carbonyl (C=O) groups is 1. The number of fused-ring (bicyclic) bond motifs is 1. The number of nitrogens with zero attached hydrogens (tertiary/aromatic N) is 2. The lowest BCUT2D eigenvalue weighted by molar-refractivity contribution is -0.121. The van der Waals surface area contributed by atoms with E-state index in [2.05, 4.69) is 45.1 Å². The van der Waals surface area contributed by atoms with Gasteiger partial charge in [0.25, 0.3) is 0 Å². The van der Waals surface area contributed by atoms with Crippen molar-refractivity contribution in [2.45, 2.75) is 19.5 Å². The minimum atomic E-state index is 0.0345. The lowest BCUT2D eigenvalue weighted by atomic mass is 10.1. The highest BCUT2D eigenvalue weighted by Gasteiger charge is 2.16. The zero-order valence-electron chi connectivity index (χ0n) is 15.1. The second kappa shape index (κ2) is 7.53. The van der Waals surface area contributed by atoms with Crippen molar-refractivity contribution in [3.63, 3.8) is 0 Å². The third-order valence-electron chi connectivity index (χ3n) is 4.62. The van der Waals surface area contributed by atoms with Crippen molar-refractivity contribution in [2.24, 2.45) is 0 Å². The molecule has 1 atom stereocenters. The van der Waals surface area contributed by atoms with Gasteiger partial charge in [0.1, 0.15) is 6.54 Å². The van der Waals surface area contributed by atoms with Gasteiger partial charge < -0.3 is 14.8 Å². The van der Waals surface area contributed by atoms with E-state index in [9.17, 15) is 4.79 Å². The molecular weight excluding hydrogens is 310 g/mol. The Morgan fingerprint density at radius 3 is 2.48 bits per heavy atom. The number of rotatable bonds is 6. The smallest absolute Gasteiger partial charge is 0.240 e. The van der Waals surface area contributed by atoms with Crippen LogP contribution in [0.4, 0.5) is 0 Å². The van der Waals surface area contributed by atoms with Crippen LogP contribution in [-0.2, 0) is 11.3 Å². The van der Waals surface area contributed by atoms with E-state index < -0.39 is 0 Å². The van der Waals surface area contributed by atoms with Gasteiger partial charge in [0.2, 0.25) is 5.91 Å². The first-order valence-corrected chi connectivity index (χ1v) is 8.59. The van der Waals surface area contributed by atoms with Crippen molar-refractivity contribution in [3.05, 3.63) is 71.9 Å². The number of aromatic nitrogens is 1. The van der Waals surface area contributed by atoms with Gasteiger partial charge in [-0.05, 0) is 44.1 Å². The second-order valence-electron chi connectivity index (χ2n) is 6.62. The quantitative estimate of drug-likeness (QED) is 0.750. The maximum absolute atomic E-state index is 12.5. The van der Waals surface area contributed by atoms with Crippen LogP contribution >= 0.6 is 0 Å². The molecule has 1 aromatic heterocycles. The molecule has 2 aromatic carbocycles. The Balaban J connectivity index is 1.68. The highest BCUT2D eigenvalue weighted by atomic mass is 16.1. The predicted molar refractivity (Wildman–Crippen MR) is 103 cm³/mol. The number of amides is 1. The zero-order chi connectivity index (χ0) is 17.8. The molecule has 1 heterocycles. The standard InChI is InChI=1S/C21H25N3O/c1-16-13-18-11-7-8-12-19(18)24(16)15-21(25)22-14-20(23(2)3)17-9-5-4-6-10-17/h4-13,20H,14-15H2,1-3H3,(H,22,25)/t20-/m0/s1. The summed E-state index contributed by atoms with van der Waals surface area (Å²) in [4.78, 5) is 14.6. The Morgan fingerprint density at radius 2 is 1.76 bits per heavy atom.